The fourth-order valence-corrected chi connectivity index (χ4v) is 4.59. The van der Waals surface area contributed by atoms with E-state index in [2.05, 4.69) is 15.5 Å². The summed E-state index contributed by atoms with van der Waals surface area (Å²) in [5.41, 5.74) is 2.92. The summed E-state index contributed by atoms with van der Waals surface area (Å²) in [7, 11) is -3.19. The maximum Gasteiger partial charge on any atom is 0.258 e. The van der Waals surface area contributed by atoms with Gasteiger partial charge in [-0.3, -0.25) is 10.1 Å². The quantitative estimate of drug-likeness (QED) is 0.674. The van der Waals surface area contributed by atoms with Gasteiger partial charge in [-0.1, -0.05) is 29.8 Å². The highest BCUT2D eigenvalue weighted by Gasteiger charge is 2.24. The number of rotatable bonds is 4. The van der Waals surface area contributed by atoms with Crippen molar-refractivity contribution in [2.45, 2.75) is 6.92 Å². The van der Waals surface area contributed by atoms with Crippen molar-refractivity contribution in [1.82, 2.24) is 9.62 Å². The number of sulfonamides is 1. The van der Waals surface area contributed by atoms with E-state index >= 15 is 0 Å². The number of thiocarbonyl (C=S) groups is 1. The van der Waals surface area contributed by atoms with Crippen LogP contribution >= 0.6 is 23.8 Å². The highest BCUT2D eigenvalue weighted by Crippen LogP contribution is 2.27. The molecule has 2 aromatic carbocycles. The molecule has 7 nitrogen and oxygen atoms in total. The van der Waals surface area contributed by atoms with Gasteiger partial charge in [-0.15, -0.1) is 0 Å². The van der Waals surface area contributed by atoms with Gasteiger partial charge in [-0.2, -0.15) is 4.31 Å². The van der Waals surface area contributed by atoms with Gasteiger partial charge in [0.2, 0.25) is 10.0 Å². The van der Waals surface area contributed by atoms with Crippen molar-refractivity contribution in [2.75, 3.05) is 42.7 Å². The lowest BCUT2D eigenvalue weighted by atomic mass is 10.1. The van der Waals surface area contributed by atoms with Crippen LogP contribution in [0.25, 0.3) is 0 Å². The van der Waals surface area contributed by atoms with Crippen LogP contribution in [0.15, 0.2) is 42.5 Å². The zero-order chi connectivity index (χ0) is 21.9. The first-order valence-corrected chi connectivity index (χ1v) is 12.0. The van der Waals surface area contributed by atoms with Crippen LogP contribution in [0.2, 0.25) is 5.02 Å². The Kier molecular flexibility index (Phi) is 6.97. The lowest BCUT2D eigenvalue weighted by Gasteiger charge is -2.35. The summed E-state index contributed by atoms with van der Waals surface area (Å²) in [6, 6.07) is 12.7. The summed E-state index contributed by atoms with van der Waals surface area (Å²) in [6.07, 6.45) is 1.22. The number of hydrogen-bond acceptors (Lipinski definition) is 5. The number of nitrogens with one attached hydrogen (secondary N) is 2. The summed E-state index contributed by atoms with van der Waals surface area (Å²) < 4.78 is 24.9. The SMILES string of the molecule is Cc1ccc(C(=O)NC(=S)Nc2ccccc2N2CCN(S(C)(=O)=O)CC2)c(Cl)c1. The van der Waals surface area contributed by atoms with E-state index < -0.39 is 15.9 Å². The second-order valence-electron chi connectivity index (χ2n) is 7.06. The molecule has 1 amide bonds. The number of aryl methyl sites for hydroxylation is 1. The maximum atomic E-state index is 12.5. The van der Waals surface area contributed by atoms with Crippen LogP contribution < -0.4 is 15.5 Å². The Morgan fingerprint density at radius 2 is 1.77 bits per heavy atom. The number of nitrogens with zero attached hydrogens (tertiary/aromatic N) is 2. The number of anilines is 2. The second kappa shape index (κ2) is 9.30. The molecule has 0 bridgehead atoms. The molecule has 1 aliphatic rings. The molecule has 0 spiro atoms. The van der Waals surface area contributed by atoms with E-state index in [1.54, 1.807) is 12.1 Å². The summed E-state index contributed by atoms with van der Waals surface area (Å²) in [6.45, 7) is 3.85. The largest absolute Gasteiger partial charge is 0.367 e. The summed E-state index contributed by atoms with van der Waals surface area (Å²) >= 11 is 11.5. The van der Waals surface area contributed by atoms with E-state index in [9.17, 15) is 13.2 Å². The topological polar surface area (TPSA) is 81.8 Å². The molecular formula is C20H23ClN4O3S2. The predicted octanol–water partition coefficient (Wildman–Crippen LogP) is 2.86. The van der Waals surface area contributed by atoms with Gasteiger partial charge in [0.15, 0.2) is 5.11 Å². The van der Waals surface area contributed by atoms with Crippen molar-refractivity contribution >= 4 is 56.2 Å². The molecule has 0 unspecified atom stereocenters. The van der Waals surface area contributed by atoms with Crippen molar-refractivity contribution in [1.29, 1.82) is 0 Å². The number of halogens is 1. The molecule has 0 saturated carbocycles. The van der Waals surface area contributed by atoms with Gasteiger partial charge in [0, 0.05) is 26.2 Å². The van der Waals surface area contributed by atoms with E-state index in [-0.39, 0.29) is 5.11 Å². The fourth-order valence-electron chi connectivity index (χ4n) is 3.24. The van der Waals surface area contributed by atoms with E-state index in [1.807, 2.05) is 37.3 Å². The first-order valence-electron chi connectivity index (χ1n) is 9.33. The third kappa shape index (κ3) is 5.48. The van der Waals surface area contributed by atoms with Crippen molar-refractivity contribution in [2.24, 2.45) is 0 Å². The zero-order valence-corrected chi connectivity index (χ0v) is 19.1. The predicted molar refractivity (Wildman–Crippen MR) is 125 cm³/mol. The van der Waals surface area contributed by atoms with E-state index in [1.165, 1.54) is 10.6 Å². The number of carbonyl (C=O) groups excluding carboxylic acids is 1. The molecule has 2 N–H and O–H groups in total. The lowest BCUT2D eigenvalue weighted by molar-refractivity contribution is 0.0978. The van der Waals surface area contributed by atoms with E-state index in [0.29, 0.717) is 36.8 Å². The molecule has 1 aliphatic heterocycles. The van der Waals surface area contributed by atoms with Gasteiger partial charge >= 0.3 is 0 Å². The Labute approximate surface area is 187 Å². The number of hydrogen-bond donors (Lipinski definition) is 2. The number of benzene rings is 2. The van der Waals surface area contributed by atoms with Crippen molar-refractivity contribution in [3.05, 3.63) is 58.6 Å². The molecule has 0 atom stereocenters. The average Bonchev–Trinajstić information content (AvgIpc) is 2.67. The number of carbonyl (C=O) groups is 1. The Bertz CT molecular complexity index is 1070. The van der Waals surface area contributed by atoms with Crippen LogP contribution in [0.1, 0.15) is 15.9 Å². The molecule has 0 radical (unpaired) electrons. The van der Waals surface area contributed by atoms with Crippen LogP contribution in [0, 0.1) is 6.92 Å². The van der Waals surface area contributed by atoms with Crippen LogP contribution in [-0.4, -0.2) is 56.2 Å². The Morgan fingerprint density at radius 1 is 1.10 bits per heavy atom. The van der Waals surface area contributed by atoms with Gasteiger partial charge in [0.05, 0.1) is 28.2 Å². The number of piperazine rings is 1. The molecule has 0 aliphatic carbocycles. The maximum absolute atomic E-state index is 12.5. The van der Waals surface area contributed by atoms with Gasteiger partial charge in [-0.05, 0) is 49.0 Å². The van der Waals surface area contributed by atoms with Crippen LogP contribution in [0.3, 0.4) is 0 Å². The minimum atomic E-state index is -3.19. The molecule has 1 fully saturated rings. The van der Waals surface area contributed by atoms with Crippen LogP contribution in [-0.2, 0) is 10.0 Å². The summed E-state index contributed by atoms with van der Waals surface area (Å²) in [5.74, 6) is -0.392. The normalized spacial score (nSPS) is 15.0. The zero-order valence-electron chi connectivity index (χ0n) is 16.7. The Balaban J connectivity index is 1.67. The Morgan fingerprint density at radius 3 is 2.40 bits per heavy atom. The minimum absolute atomic E-state index is 0.152. The van der Waals surface area contributed by atoms with Crippen molar-refractivity contribution < 1.29 is 13.2 Å². The molecule has 1 saturated heterocycles. The third-order valence-electron chi connectivity index (χ3n) is 4.80. The first kappa shape index (κ1) is 22.5. The average molecular weight is 467 g/mol. The molecule has 2 aromatic rings. The fraction of sp³-hybridized carbons (Fsp3) is 0.300. The Hall–Kier alpha value is -2.20. The number of para-hydroxylation sites is 2. The molecule has 3 rings (SSSR count). The van der Waals surface area contributed by atoms with Crippen molar-refractivity contribution in [3.8, 4) is 0 Å². The standard InChI is InChI=1S/C20H23ClN4O3S2/c1-14-7-8-15(16(21)13-14)19(26)23-20(29)22-17-5-3-4-6-18(17)24-9-11-25(12-10-24)30(2,27)28/h3-8,13H,9-12H2,1-2H3,(H2,22,23,26,29). The van der Waals surface area contributed by atoms with Crippen LogP contribution in [0.4, 0.5) is 11.4 Å². The number of amides is 1. The third-order valence-corrected chi connectivity index (χ3v) is 6.62. The minimum Gasteiger partial charge on any atom is -0.367 e. The highest BCUT2D eigenvalue weighted by atomic mass is 35.5. The van der Waals surface area contributed by atoms with Crippen molar-refractivity contribution in [3.63, 3.8) is 0 Å². The first-order chi connectivity index (χ1) is 14.1. The van der Waals surface area contributed by atoms with E-state index in [0.717, 1.165) is 16.9 Å². The monoisotopic (exact) mass is 466 g/mol. The molecule has 1 heterocycles. The smallest absolute Gasteiger partial charge is 0.258 e. The van der Waals surface area contributed by atoms with Crippen LogP contribution in [0.5, 0.6) is 0 Å². The highest BCUT2D eigenvalue weighted by molar-refractivity contribution is 7.88. The molecule has 30 heavy (non-hydrogen) atoms. The molecule has 0 aromatic heterocycles. The second-order valence-corrected chi connectivity index (χ2v) is 9.86. The van der Waals surface area contributed by atoms with E-state index in [4.69, 9.17) is 23.8 Å². The van der Waals surface area contributed by atoms with Gasteiger partial charge < -0.3 is 10.2 Å². The lowest BCUT2D eigenvalue weighted by Crippen LogP contribution is -2.48. The molecule has 10 heteroatoms. The van der Waals surface area contributed by atoms with Gasteiger partial charge in [0.25, 0.3) is 5.91 Å². The summed E-state index contributed by atoms with van der Waals surface area (Å²) in [4.78, 5) is 14.6. The molecular weight excluding hydrogens is 444 g/mol. The van der Waals surface area contributed by atoms with Gasteiger partial charge in [-0.25, -0.2) is 8.42 Å². The summed E-state index contributed by atoms with van der Waals surface area (Å²) in [5, 5.41) is 6.23. The van der Waals surface area contributed by atoms with Gasteiger partial charge in [0.1, 0.15) is 0 Å². The molecule has 160 valence electrons.